The number of likely N-dealkylation sites (N-methyl/N-ethyl adjacent to an activating group) is 1. The first-order valence-corrected chi connectivity index (χ1v) is 11.7. The molecule has 0 saturated heterocycles. The number of carbonyl (C=O) groups is 1. The molecule has 0 heterocycles. The molecule has 0 atom stereocenters. The van der Waals surface area contributed by atoms with Crippen molar-refractivity contribution in [2.45, 2.75) is 52.4 Å². The molecule has 0 unspecified atom stereocenters. The van der Waals surface area contributed by atoms with Gasteiger partial charge < -0.3 is 10.1 Å². The molecule has 7 heteroatoms. The fraction of sp³-hybridized carbons (Fsp3) is 0.435. The SMILES string of the molecule is CCOc1ccc(S(=O)(=O)N(CC)CC(=O)Nc2c(C)cccc2C(C)C)cc1C. The molecule has 0 bridgehead atoms. The maximum Gasteiger partial charge on any atom is 0.243 e. The molecule has 2 rings (SSSR count). The van der Waals surface area contributed by atoms with Crippen LogP contribution in [-0.2, 0) is 14.8 Å². The molecule has 1 N–H and O–H groups in total. The second-order valence-electron chi connectivity index (χ2n) is 7.53. The second-order valence-corrected chi connectivity index (χ2v) is 9.47. The quantitative estimate of drug-likeness (QED) is 0.634. The Kier molecular flexibility index (Phi) is 8.03. The molecule has 30 heavy (non-hydrogen) atoms. The Hall–Kier alpha value is -2.38. The third kappa shape index (κ3) is 5.40. The van der Waals surface area contributed by atoms with E-state index in [1.54, 1.807) is 26.0 Å². The summed E-state index contributed by atoms with van der Waals surface area (Å²) in [5.41, 5.74) is 3.46. The predicted octanol–water partition coefficient (Wildman–Crippen LogP) is 4.47. The van der Waals surface area contributed by atoms with Crippen LogP contribution in [0.15, 0.2) is 41.3 Å². The summed E-state index contributed by atoms with van der Waals surface area (Å²) in [5.74, 6) is 0.523. The summed E-state index contributed by atoms with van der Waals surface area (Å²) in [7, 11) is -3.81. The van der Waals surface area contributed by atoms with Crippen molar-refractivity contribution >= 4 is 21.6 Å². The first kappa shape index (κ1) is 23.9. The van der Waals surface area contributed by atoms with Gasteiger partial charge in [-0.05, 0) is 61.6 Å². The van der Waals surface area contributed by atoms with Crippen molar-refractivity contribution in [3.8, 4) is 5.75 Å². The van der Waals surface area contributed by atoms with Crippen LogP contribution < -0.4 is 10.1 Å². The van der Waals surface area contributed by atoms with Crippen LogP contribution in [0.5, 0.6) is 5.75 Å². The van der Waals surface area contributed by atoms with Gasteiger partial charge in [-0.25, -0.2) is 8.42 Å². The van der Waals surface area contributed by atoms with Crippen molar-refractivity contribution in [1.82, 2.24) is 4.31 Å². The number of para-hydroxylation sites is 1. The van der Waals surface area contributed by atoms with E-state index >= 15 is 0 Å². The highest BCUT2D eigenvalue weighted by molar-refractivity contribution is 7.89. The first-order valence-electron chi connectivity index (χ1n) is 10.2. The number of aryl methyl sites for hydroxylation is 2. The largest absolute Gasteiger partial charge is 0.494 e. The highest BCUT2D eigenvalue weighted by Crippen LogP contribution is 2.28. The Balaban J connectivity index is 2.24. The van der Waals surface area contributed by atoms with Crippen molar-refractivity contribution in [3.05, 3.63) is 53.1 Å². The molecule has 0 spiro atoms. The number of ether oxygens (including phenoxy) is 1. The van der Waals surface area contributed by atoms with Crippen LogP contribution in [0.4, 0.5) is 5.69 Å². The third-order valence-corrected chi connectivity index (χ3v) is 6.86. The lowest BCUT2D eigenvalue weighted by Gasteiger charge is -2.22. The number of hydrogen-bond acceptors (Lipinski definition) is 4. The summed E-state index contributed by atoms with van der Waals surface area (Å²) in [5, 5.41) is 2.92. The minimum absolute atomic E-state index is 0.150. The monoisotopic (exact) mass is 432 g/mol. The van der Waals surface area contributed by atoms with E-state index in [1.807, 2.05) is 32.0 Å². The van der Waals surface area contributed by atoms with Gasteiger partial charge in [0.05, 0.1) is 18.0 Å². The zero-order valence-corrected chi connectivity index (χ0v) is 19.5. The van der Waals surface area contributed by atoms with E-state index in [9.17, 15) is 13.2 Å². The van der Waals surface area contributed by atoms with Gasteiger partial charge in [0.1, 0.15) is 5.75 Å². The number of anilines is 1. The number of amides is 1. The average Bonchev–Trinajstić information content (AvgIpc) is 2.68. The molecule has 0 aliphatic rings. The molecule has 1 amide bonds. The number of benzene rings is 2. The van der Waals surface area contributed by atoms with E-state index in [0.29, 0.717) is 12.4 Å². The summed E-state index contributed by atoms with van der Waals surface area (Å²) < 4.78 is 32.9. The summed E-state index contributed by atoms with van der Waals surface area (Å²) in [6.07, 6.45) is 0. The van der Waals surface area contributed by atoms with Crippen molar-refractivity contribution in [2.75, 3.05) is 25.0 Å². The molecular formula is C23H32N2O4S. The lowest BCUT2D eigenvalue weighted by atomic mass is 9.98. The van der Waals surface area contributed by atoms with Gasteiger partial charge in [-0.2, -0.15) is 4.31 Å². The van der Waals surface area contributed by atoms with Crippen LogP contribution in [0.3, 0.4) is 0 Å². The third-order valence-electron chi connectivity index (χ3n) is 4.95. The number of hydrogen-bond donors (Lipinski definition) is 1. The zero-order valence-electron chi connectivity index (χ0n) is 18.7. The fourth-order valence-corrected chi connectivity index (χ4v) is 4.79. The van der Waals surface area contributed by atoms with E-state index in [-0.39, 0.29) is 29.8 Å². The van der Waals surface area contributed by atoms with Crippen LogP contribution >= 0.6 is 0 Å². The topological polar surface area (TPSA) is 75.7 Å². The molecule has 0 aromatic heterocycles. The number of nitrogens with zero attached hydrogens (tertiary/aromatic N) is 1. The highest BCUT2D eigenvalue weighted by Gasteiger charge is 2.26. The molecule has 2 aromatic carbocycles. The number of rotatable bonds is 9. The molecule has 0 saturated carbocycles. The standard InChI is InChI=1S/C23H32N2O4S/c1-7-25(30(27,28)19-12-13-21(29-8-2)18(6)14-19)15-22(26)24-23-17(5)10-9-11-20(23)16(3)4/h9-14,16H,7-8,15H2,1-6H3,(H,24,26). The Morgan fingerprint density at radius 1 is 1.10 bits per heavy atom. The molecular weight excluding hydrogens is 400 g/mol. The molecule has 6 nitrogen and oxygen atoms in total. The van der Waals surface area contributed by atoms with Crippen LogP contribution in [0.2, 0.25) is 0 Å². The molecule has 0 aliphatic carbocycles. The summed E-state index contributed by atoms with van der Waals surface area (Å²) in [6.45, 7) is 11.9. The lowest BCUT2D eigenvalue weighted by molar-refractivity contribution is -0.116. The van der Waals surface area contributed by atoms with Crippen LogP contribution in [-0.4, -0.2) is 38.3 Å². The smallest absolute Gasteiger partial charge is 0.243 e. The molecule has 0 radical (unpaired) electrons. The van der Waals surface area contributed by atoms with Crippen molar-refractivity contribution in [3.63, 3.8) is 0 Å². The molecule has 0 fully saturated rings. The molecule has 164 valence electrons. The van der Waals surface area contributed by atoms with Gasteiger partial charge >= 0.3 is 0 Å². The predicted molar refractivity (Wildman–Crippen MR) is 121 cm³/mol. The number of carbonyl (C=O) groups excluding carboxylic acids is 1. The van der Waals surface area contributed by atoms with Gasteiger partial charge in [0.2, 0.25) is 15.9 Å². The first-order chi connectivity index (χ1) is 14.1. The summed E-state index contributed by atoms with van der Waals surface area (Å²) in [6, 6.07) is 10.6. The highest BCUT2D eigenvalue weighted by atomic mass is 32.2. The van der Waals surface area contributed by atoms with E-state index in [0.717, 1.165) is 22.4 Å². The maximum absolute atomic E-state index is 13.1. The number of sulfonamides is 1. The van der Waals surface area contributed by atoms with Crippen LogP contribution in [0.1, 0.15) is 50.3 Å². The minimum atomic E-state index is -3.81. The van der Waals surface area contributed by atoms with Gasteiger partial charge in [-0.15, -0.1) is 0 Å². The normalized spacial score (nSPS) is 11.7. The van der Waals surface area contributed by atoms with E-state index in [1.165, 1.54) is 10.4 Å². The summed E-state index contributed by atoms with van der Waals surface area (Å²) >= 11 is 0. The van der Waals surface area contributed by atoms with E-state index < -0.39 is 10.0 Å². The molecule has 2 aromatic rings. The minimum Gasteiger partial charge on any atom is -0.494 e. The van der Waals surface area contributed by atoms with E-state index in [4.69, 9.17) is 4.74 Å². The van der Waals surface area contributed by atoms with Crippen molar-refractivity contribution in [2.24, 2.45) is 0 Å². The maximum atomic E-state index is 13.1. The van der Waals surface area contributed by atoms with Crippen LogP contribution in [0, 0.1) is 13.8 Å². The zero-order chi connectivity index (χ0) is 22.5. The van der Waals surface area contributed by atoms with Crippen LogP contribution in [0.25, 0.3) is 0 Å². The Bertz CT molecular complexity index is 1000. The second kappa shape index (κ2) is 10.1. The van der Waals surface area contributed by atoms with Gasteiger partial charge in [-0.1, -0.05) is 39.0 Å². The van der Waals surface area contributed by atoms with Crippen molar-refractivity contribution < 1.29 is 17.9 Å². The van der Waals surface area contributed by atoms with Gasteiger partial charge in [0, 0.05) is 12.2 Å². The fourth-order valence-electron chi connectivity index (χ4n) is 3.30. The number of nitrogens with one attached hydrogen (secondary N) is 1. The Labute approximate surface area is 180 Å². The summed E-state index contributed by atoms with van der Waals surface area (Å²) in [4.78, 5) is 12.9. The van der Waals surface area contributed by atoms with Crippen molar-refractivity contribution in [1.29, 1.82) is 0 Å². The van der Waals surface area contributed by atoms with Gasteiger partial charge in [0.15, 0.2) is 0 Å². The molecule has 0 aliphatic heterocycles. The Morgan fingerprint density at radius 2 is 1.80 bits per heavy atom. The lowest BCUT2D eigenvalue weighted by Crippen LogP contribution is -2.38. The van der Waals surface area contributed by atoms with Gasteiger partial charge in [0.25, 0.3) is 0 Å². The Morgan fingerprint density at radius 3 is 2.37 bits per heavy atom. The average molecular weight is 433 g/mol. The van der Waals surface area contributed by atoms with Gasteiger partial charge in [-0.3, -0.25) is 4.79 Å². The van der Waals surface area contributed by atoms with E-state index in [2.05, 4.69) is 19.2 Å².